The molecule has 5 rings (SSSR count). The van der Waals surface area contributed by atoms with Crippen LogP contribution in [0.5, 0.6) is 0 Å². The van der Waals surface area contributed by atoms with Gasteiger partial charge in [0.25, 0.3) is 5.56 Å². The van der Waals surface area contributed by atoms with Gasteiger partial charge in [0.05, 0.1) is 17.9 Å². The molecule has 1 aliphatic heterocycles. The third-order valence-electron chi connectivity index (χ3n) is 5.52. The first-order valence-electron chi connectivity index (χ1n) is 10.3. The van der Waals surface area contributed by atoms with E-state index >= 15 is 0 Å². The second-order valence-corrected chi connectivity index (χ2v) is 8.91. The number of carbonyl (C=O) groups excluding carboxylic acids is 1. The number of rotatable bonds is 5. The molecule has 3 heterocycles. The second kappa shape index (κ2) is 8.44. The summed E-state index contributed by atoms with van der Waals surface area (Å²) in [7, 11) is 0. The molecule has 2 aromatic carbocycles. The molecule has 2 aromatic heterocycles. The maximum atomic E-state index is 13.3. The summed E-state index contributed by atoms with van der Waals surface area (Å²) in [6, 6.07) is 16.6. The molecule has 0 spiro atoms. The van der Waals surface area contributed by atoms with E-state index in [1.54, 1.807) is 26.3 Å². The number of amides is 1. The van der Waals surface area contributed by atoms with Crippen molar-refractivity contribution in [3.05, 3.63) is 76.2 Å². The van der Waals surface area contributed by atoms with E-state index in [9.17, 15) is 9.59 Å². The maximum Gasteiger partial charge on any atom is 0.265 e. The van der Waals surface area contributed by atoms with Crippen LogP contribution in [0.25, 0.3) is 16.7 Å². The normalized spacial score (nSPS) is 15.1. The summed E-state index contributed by atoms with van der Waals surface area (Å²) in [5.41, 5.74) is 1.90. The molecule has 0 N–H and O–H groups in total. The summed E-state index contributed by atoms with van der Waals surface area (Å²) in [6.07, 6.45) is 1.77. The van der Waals surface area contributed by atoms with Gasteiger partial charge in [-0.3, -0.25) is 14.2 Å². The number of hydrogen-bond acceptors (Lipinski definition) is 5. The summed E-state index contributed by atoms with van der Waals surface area (Å²) >= 11 is 7.61. The van der Waals surface area contributed by atoms with Crippen molar-refractivity contribution < 1.29 is 4.79 Å². The molecule has 0 bridgehead atoms. The zero-order valence-corrected chi connectivity index (χ0v) is 18.9. The van der Waals surface area contributed by atoms with Crippen LogP contribution in [0.3, 0.4) is 0 Å². The molecule has 1 amide bonds. The number of hydrogen-bond donors (Lipinski definition) is 0. The highest BCUT2D eigenvalue weighted by molar-refractivity contribution is 7.99. The maximum absolute atomic E-state index is 13.3. The summed E-state index contributed by atoms with van der Waals surface area (Å²) in [6.45, 7) is 2.51. The minimum Gasteiger partial charge on any atom is -0.313 e. The van der Waals surface area contributed by atoms with E-state index in [-0.39, 0.29) is 23.9 Å². The Kier molecular flexibility index (Phi) is 5.48. The highest BCUT2D eigenvalue weighted by atomic mass is 35.5. The first kappa shape index (κ1) is 20.8. The Balaban J connectivity index is 1.49. The standard InChI is InChI=1S/C23H20ClN5O2S/c1-2-27(16-8-4-3-5-9-16)20(30)12-18-14-32-23-26-21-19(22(31)28(18)23)13-25-29(21)17-10-6-7-15(24)11-17/h3-11,13,18H,2,12,14H2,1H3. The molecule has 0 radical (unpaired) electrons. The molecule has 0 fully saturated rings. The van der Waals surface area contributed by atoms with Gasteiger partial charge in [0.2, 0.25) is 5.91 Å². The van der Waals surface area contributed by atoms with Crippen molar-refractivity contribution in [3.63, 3.8) is 0 Å². The van der Waals surface area contributed by atoms with Gasteiger partial charge in [-0.15, -0.1) is 0 Å². The van der Waals surface area contributed by atoms with Gasteiger partial charge in [0.15, 0.2) is 10.8 Å². The largest absolute Gasteiger partial charge is 0.313 e. The Hall–Kier alpha value is -3.10. The van der Waals surface area contributed by atoms with Crippen molar-refractivity contribution in [3.8, 4) is 5.69 Å². The topological polar surface area (TPSA) is 73.0 Å². The minimum absolute atomic E-state index is 0.0150. The molecular weight excluding hydrogens is 446 g/mol. The molecule has 0 saturated heterocycles. The Morgan fingerprint density at radius 3 is 2.78 bits per heavy atom. The fourth-order valence-corrected chi connectivity index (χ4v) is 5.32. The highest BCUT2D eigenvalue weighted by Crippen LogP contribution is 2.34. The van der Waals surface area contributed by atoms with Crippen LogP contribution < -0.4 is 10.5 Å². The SMILES string of the molecule is CCN(C(=O)CC1CSc2nc3c(cnn3-c3cccc(Cl)c3)c(=O)n21)c1ccccc1. The van der Waals surface area contributed by atoms with Crippen LogP contribution in [0, 0.1) is 0 Å². The molecule has 1 aliphatic rings. The number of benzene rings is 2. The monoisotopic (exact) mass is 465 g/mol. The first-order valence-corrected chi connectivity index (χ1v) is 11.7. The van der Waals surface area contributed by atoms with Crippen LogP contribution in [0.2, 0.25) is 5.02 Å². The number of thioether (sulfide) groups is 1. The Morgan fingerprint density at radius 1 is 1.22 bits per heavy atom. The summed E-state index contributed by atoms with van der Waals surface area (Å²) < 4.78 is 3.27. The molecule has 32 heavy (non-hydrogen) atoms. The average molecular weight is 466 g/mol. The lowest BCUT2D eigenvalue weighted by molar-refractivity contribution is -0.119. The van der Waals surface area contributed by atoms with E-state index in [1.165, 1.54) is 18.0 Å². The molecule has 162 valence electrons. The fraction of sp³-hybridized carbons (Fsp3) is 0.217. The number of para-hydroxylation sites is 1. The van der Waals surface area contributed by atoms with Crippen molar-refractivity contribution in [1.82, 2.24) is 19.3 Å². The van der Waals surface area contributed by atoms with Crippen molar-refractivity contribution >= 4 is 46.0 Å². The number of halogens is 1. The predicted molar refractivity (Wildman–Crippen MR) is 127 cm³/mol. The van der Waals surface area contributed by atoms with Crippen LogP contribution in [0.15, 0.2) is 70.7 Å². The van der Waals surface area contributed by atoms with Gasteiger partial charge in [-0.1, -0.05) is 47.6 Å². The van der Waals surface area contributed by atoms with Crippen molar-refractivity contribution in [2.24, 2.45) is 0 Å². The lowest BCUT2D eigenvalue weighted by Gasteiger charge is -2.23. The van der Waals surface area contributed by atoms with Crippen molar-refractivity contribution in [2.75, 3.05) is 17.2 Å². The summed E-state index contributed by atoms with van der Waals surface area (Å²) in [4.78, 5) is 32.9. The van der Waals surface area contributed by atoms with Gasteiger partial charge in [-0.25, -0.2) is 9.67 Å². The van der Waals surface area contributed by atoms with Gasteiger partial charge >= 0.3 is 0 Å². The third kappa shape index (κ3) is 3.59. The molecule has 9 heteroatoms. The quantitative estimate of drug-likeness (QED) is 0.410. The third-order valence-corrected chi connectivity index (χ3v) is 6.85. The van der Waals surface area contributed by atoms with E-state index in [0.29, 0.717) is 33.5 Å². The summed E-state index contributed by atoms with van der Waals surface area (Å²) in [5.74, 6) is 0.608. The van der Waals surface area contributed by atoms with Crippen LogP contribution in [0.4, 0.5) is 5.69 Å². The minimum atomic E-state index is -0.251. The smallest absolute Gasteiger partial charge is 0.265 e. The average Bonchev–Trinajstić information content (AvgIpc) is 3.40. The molecule has 1 unspecified atom stereocenters. The second-order valence-electron chi connectivity index (χ2n) is 7.49. The summed E-state index contributed by atoms with van der Waals surface area (Å²) in [5, 5.41) is 5.98. The van der Waals surface area contributed by atoms with E-state index in [2.05, 4.69) is 5.10 Å². The molecule has 1 atom stereocenters. The van der Waals surface area contributed by atoms with Gasteiger partial charge in [-0.2, -0.15) is 5.10 Å². The van der Waals surface area contributed by atoms with Crippen LogP contribution in [0.1, 0.15) is 19.4 Å². The lowest BCUT2D eigenvalue weighted by atomic mass is 10.2. The van der Waals surface area contributed by atoms with Gasteiger partial charge in [-0.05, 0) is 37.3 Å². The Morgan fingerprint density at radius 2 is 2.03 bits per heavy atom. The number of carbonyl (C=O) groups is 1. The van der Waals surface area contributed by atoms with Gasteiger partial charge in [0, 0.05) is 29.4 Å². The zero-order chi connectivity index (χ0) is 22.2. The van der Waals surface area contributed by atoms with Crippen molar-refractivity contribution in [1.29, 1.82) is 0 Å². The lowest BCUT2D eigenvalue weighted by Crippen LogP contribution is -2.34. The molecule has 7 nitrogen and oxygen atoms in total. The fourth-order valence-electron chi connectivity index (χ4n) is 4.00. The number of anilines is 1. The molecule has 4 aromatic rings. The zero-order valence-electron chi connectivity index (χ0n) is 17.3. The van der Waals surface area contributed by atoms with Gasteiger partial charge < -0.3 is 4.90 Å². The van der Waals surface area contributed by atoms with E-state index in [1.807, 2.05) is 49.4 Å². The molecular formula is C23H20ClN5O2S. The van der Waals surface area contributed by atoms with Crippen LogP contribution in [-0.2, 0) is 4.79 Å². The van der Waals surface area contributed by atoms with E-state index in [4.69, 9.17) is 16.6 Å². The van der Waals surface area contributed by atoms with Crippen LogP contribution in [-0.4, -0.2) is 37.5 Å². The number of fused-ring (bicyclic) bond motifs is 2. The first-order chi connectivity index (χ1) is 15.6. The van der Waals surface area contributed by atoms with E-state index in [0.717, 1.165) is 11.4 Å². The van der Waals surface area contributed by atoms with Crippen LogP contribution >= 0.6 is 23.4 Å². The predicted octanol–water partition coefficient (Wildman–Crippen LogP) is 4.33. The molecule has 0 saturated carbocycles. The van der Waals surface area contributed by atoms with Crippen molar-refractivity contribution in [2.45, 2.75) is 24.5 Å². The molecule has 0 aliphatic carbocycles. The highest BCUT2D eigenvalue weighted by Gasteiger charge is 2.31. The Bertz CT molecular complexity index is 1370. The van der Waals surface area contributed by atoms with E-state index < -0.39 is 0 Å². The number of nitrogens with zero attached hydrogens (tertiary/aromatic N) is 5. The van der Waals surface area contributed by atoms with Gasteiger partial charge in [0.1, 0.15) is 5.39 Å². The number of aromatic nitrogens is 4. The Labute approximate surface area is 193 Å².